The lowest BCUT2D eigenvalue weighted by molar-refractivity contribution is 0.587. The van der Waals surface area contributed by atoms with Crippen LogP contribution in [-0.4, -0.2) is 22.2 Å². The third-order valence-electron chi connectivity index (χ3n) is 5.61. The van der Waals surface area contributed by atoms with Crippen molar-refractivity contribution in [2.24, 2.45) is 0 Å². The molecule has 2 heterocycles. The molecule has 1 aliphatic heterocycles. The van der Waals surface area contributed by atoms with E-state index in [1.807, 2.05) is 0 Å². The van der Waals surface area contributed by atoms with Gasteiger partial charge in [0.15, 0.2) is 5.82 Å². The molecule has 1 aromatic heterocycles. The van der Waals surface area contributed by atoms with E-state index in [0.29, 0.717) is 10.9 Å². The molecular weight excluding hydrogens is 415 g/mol. The lowest BCUT2D eigenvalue weighted by atomic mass is 9.93. The number of rotatable bonds is 2. The molecule has 32 heavy (non-hydrogen) atoms. The maximum absolute atomic E-state index is 16.0. The first-order valence-electron chi connectivity index (χ1n) is 10.0. The van der Waals surface area contributed by atoms with Crippen molar-refractivity contribution in [1.29, 1.82) is 10.8 Å². The molecule has 0 amide bonds. The first-order chi connectivity index (χ1) is 15.1. The van der Waals surface area contributed by atoms with E-state index in [9.17, 15) is 4.39 Å². The Labute approximate surface area is 183 Å². The van der Waals surface area contributed by atoms with Crippen LogP contribution in [0, 0.1) is 47.0 Å². The number of hydrogen-bond donors (Lipinski definition) is 4. The largest absolute Gasteiger partial charge is 0.371 e. The first kappa shape index (κ1) is 21.5. The maximum Gasteiger partial charge on any atom is 0.160 e. The Kier molecular flexibility index (Phi) is 5.00. The average Bonchev–Trinajstić information content (AvgIpc) is 3.08. The van der Waals surface area contributed by atoms with E-state index in [-0.39, 0.29) is 35.0 Å². The Morgan fingerprint density at radius 1 is 1.19 bits per heavy atom. The van der Waals surface area contributed by atoms with E-state index < -0.39 is 28.6 Å². The molecule has 8 heteroatoms. The minimum absolute atomic E-state index is 0.0133. The normalized spacial score (nSPS) is 14.6. The fourth-order valence-electron chi connectivity index (χ4n) is 4.01. The Balaban J connectivity index is 2.03. The molecule has 0 bridgehead atoms. The smallest absolute Gasteiger partial charge is 0.160 e. The molecule has 0 atom stereocenters. The van der Waals surface area contributed by atoms with Crippen molar-refractivity contribution in [3.63, 3.8) is 0 Å². The summed E-state index contributed by atoms with van der Waals surface area (Å²) in [5, 5.41) is 20.5. The van der Waals surface area contributed by atoms with Crippen LogP contribution in [0.25, 0.3) is 22.0 Å². The number of hydrogen-bond acceptors (Lipinski definition) is 3. The monoisotopic (exact) mass is 437 g/mol. The van der Waals surface area contributed by atoms with Gasteiger partial charge in [0.2, 0.25) is 0 Å². The van der Waals surface area contributed by atoms with Gasteiger partial charge in [-0.3, -0.25) is 15.7 Å². The minimum atomic E-state index is -0.985. The van der Waals surface area contributed by atoms with Gasteiger partial charge in [0, 0.05) is 23.2 Å². The molecule has 0 aliphatic carbocycles. The molecule has 0 spiro atoms. The van der Waals surface area contributed by atoms with Gasteiger partial charge in [-0.2, -0.15) is 0 Å². The van der Waals surface area contributed by atoms with Crippen LogP contribution < -0.4 is 10.2 Å². The van der Waals surface area contributed by atoms with E-state index in [4.69, 9.17) is 10.8 Å². The molecule has 0 saturated heterocycles. The summed E-state index contributed by atoms with van der Waals surface area (Å²) in [5.41, 5.74) is -0.290. The summed E-state index contributed by atoms with van der Waals surface area (Å²) in [5.74, 6) is 2.76. The highest BCUT2D eigenvalue weighted by molar-refractivity contribution is 6.24. The van der Waals surface area contributed by atoms with E-state index in [2.05, 4.69) is 22.1 Å². The van der Waals surface area contributed by atoms with Crippen molar-refractivity contribution in [2.45, 2.75) is 39.7 Å². The summed E-state index contributed by atoms with van der Waals surface area (Å²) in [6.45, 7) is 6.76. The van der Waals surface area contributed by atoms with E-state index in [1.165, 1.54) is 6.07 Å². The summed E-state index contributed by atoms with van der Waals surface area (Å²) in [7, 11) is 0. The predicted octanol–water partition coefficient (Wildman–Crippen LogP) is 5.94. The highest BCUT2D eigenvalue weighted by Crippen LogP contribution is 2.44. The molecular formula is C24H22F3N5. The second kappa shape index (κ2) is 7.45. The molecule has 0 radical (unpaired) electrons. The van der Waals surface area contributed by atoms with E-state index >= 15 is 8.78 Å². The van der Waals surface area contributed by atoms with Crippen LogP contribution in [0.3, 0.4) is 0 Å². The number of aryl methyl sites for hydroxylation is 1. The Morgan fingerprint density at radius 2 is 1.91 bits per heavy atom. The van der Waals surface area contributed by atoms with Crippen molar-refractivity contribution in [2.75, 3.05) is 10.2 Å². The van der Waals surface area contributed by atoms with Crippen LogP contribution in [0.4, 0.5) is 24.5 Å². The molecule has 0 saturated carbocycles. The summed E-state index contributed by atoms with van der Waals surface area (Å²) < 4.78 is 45.7. The van der Waals surface area contributed by atoms with Gasteiger partial charge in [-0.15, -0.1) is 5.92 Å². The number of aromatic nitrogens is 1. The van der Waals surface area contributed by atoms with Gasteiger partial charge < -0.3 is 10.3 Å². The molecule has 0 fully saturated rings. The van der Waals surface area contributed by atoms with Crippen LogP contribution in [0.5, 0.6) is 0 Å². The molecule has 4 N–H and O–H groups in total. The van der Waals surface area contributed by atoms with Crippen LogP contribution in [0.1, 0.15) is 32.8 Å². The van der Waals surface area contributed by atoms with E-state index in [1.54, 1.807) is 33.9 Å². The van der Waals surface area contributed by atoms with Crippen LogP contribution in [-0.2, 0) is 0 Å². The van der Waals surface area contributed by atoms with Crippen molar-refractivity contribution in [1.82, 2.24) is 4.98 Å². The molecule has 1 aliphatic rings. The van der Waals surface area contributed by atoms with Gasteiger partial charge in [0.1, 0.15) is 29.0 Å². The molecule has 2 aromatic carbocycles. The highest BCUT2D eigenvalue weighted by atomic mass is 19.1. The first-order valence-corrected chi connectivity index (χ1v) is 10.0. The Morgan fingerprint density at radius 3 is 2.59 bits per heavy atom. The fourth-order valence-corrected chi connectivity index (χ4v) is 4.01. The summed E-state index contributed by atoms with van der Waals surface area (Å²) >= 11 is 0. The summed E-state index contributed by atoms with van der Waals surface area (Å²) in [6, 6.07) is 3.51. The Hall–Kier alpha value is -3.73. The number of halogens is 3. The number of nitrogens with zero attached hydrogens (tertiary/aromatic N) is 1. The van der Waals surface area contributed by atoms with Crippen molar-refractivity contribution in [3.05, 3.63) is 47.4 Å². The zero-order valence-corrected chi connectivity index (χ0v) is 18.1. The third-order valence-corrected chi connectivity index (χ3v) is 5.61. The van der Waals surface area contributed by atoms with Gasteiger partial charge in [-0.05, 0) is 45.4 Å². The number of amidine groups is 2. The molecule has 0 unspecified atom stereocenters. The lowest BCUT2D eigenvalue weighted by Crippen LogP contribution is -2.55. The van der Waals surface area contributed by atoms with Crippen molar-refractivity contribution < 1.29 is 13.2 Å². The van der Waals surface area contributed by atoms with E-state index in [0.717, 1.165) is 22.6 Å². The number of anilines is 2. The van der Waals surface area contributed by atoms with Gasteiger partial charge in [-0.1, -0.05) is 5.92 Å². The number of benzene rings is 2. The minimum Gasteiger partial charge on any atom is -0.371 e. The van der Waals surface area contributed by atoms with Crippen LogP contribution in [0.15, 0.2) is 24.4 Å². The zero-order chi connectivity index (χ0) is 23.4. The highest BCUT2D eigenvalue weighted by Gasteiger charge is 2.40. The molecule has 5 nitrogen and oxygen atoms in total. The number of fused-ring (bicyclic) bond motifs is 2. The lowest BCUT2D eigenvalue weighted by Gasteiger charge is -2.42. The van der Waals surface area contributed by atoms with Gasteiger partial charge >= 0.3 is 0 Å². The summed E-state index contributed by atoms with van der Waals surface area (Å²) in [6.07, 6.45) is 1.63. The van der Waals surface area contributed by atoms with Gasteiger partial charge in [-0.25, -0.2) is 13.2 Å². The second-order valence-corrected chi connectivity index (χ2v) is 8.28. The molecule has 164 valence electrons. The van der Waals surface area contributed by atoms with Gasteiger partial charge in [0.25, 0.3) is 0 Å². The van der Waals surface area contributed by atoms with Crippen molar-refractivity contribution >= 4 is 33.9 Å². The fraction of sp³-hybridized carbons (Fsp3) is 0.250. The van der Waals surface area contributed by atoms with Crippen molar-refractivity contribution in [3.8, 4) is 23.0 Å². The SMILES string of the molecule is CC#CCC(=N)N1C(=N)C(C)(C)Nc2cc(F)c(-c3cc(F)cc4c(C)c[nH]c34)c(F)c21. The van der Waals surface area contributed by atoms with Crippen LogP contribution >= 0.6 is 0 Å². The standard InChI is InChI=1S/C24H22F3N5/c1-5-6-7-18(28)32-22-17(31-24(3,4)23(32)29)10-16(26)19(20(22)27)15-9-13(25)8-14-12(2)11-30-21(14)15/h8-11,28-31H,7H2,1-4H3. The molecule has 4 rings (SSSR count). The predicted molar refractivity (Wildman–Crippen MR) is 122 cm³/mol. The second-order valence-electron chi connectivity index (χ2n) is 8.28. The zero-order valence-electron chi connectivity index (χ0n) is 18.1. The third kappa shape index (κ3) is 3.21. The van der Waals surface area contributed by atoms with Crippen LogP contribution in [0.2, 0.25) is 0 Å². The number of H-pyrrole nitrogens is 1. The number of aromatic amines is 1. The van der Waals surface area contributed by atoms with Gasteiger partial charge in [0.05, 0.1) is 28.7 Å². The molecule has 3 aromatic rings. The average molecular weight is 437 g/mol. The maximum atomic E-state index is 16.0. The topological polar surface area (TPSA) is 78.8 Å². The number of nitrogens with one attached hydrogen (secondary N) is 4. The summed E-state index contributed by atoms with van der Waals surface area (Å²) in [4.78, 5) is 4.11. The Bertz CT molecular complexity index is 1360. The quantitative estimate of drug-likeness (QED) is 0.227.